The Morgan fingerprint density at radius 1 is 1.33 bits per heavy atom. The minimum Gasteiger partial charge on any atom is -0.541 e. The Kier molecular flexibility index (Phi) is 9.08. The minimum absolute atomic E-state index is 0. The van der Waals surface area contributed by atoms with E-state index in [1.807, 2.05) is 6.92 Å². The van der Waals surface area contributed by atoms with Gasteiger partial charge in [-0.3, -0.25) is 0 Å². The Balaban J connectivity index is 0.00000320. The number of hydrogen-bond donors (Lipinski definition) is 3. The average molecular weight is 433 g/mol. The van der Waals surface area contributed by atoms with E-state index in [0.29, 0.717) is 19.4 Å². The van der Waals surface area contributed by atoms with Gasteiger partial charge in [0.2, 0.25) is 5.89 Å². The van der Waals surface area contributed by atoms with Crippen LogP contribution in [-0.2, 0) is 9.47 Å². The number of aromatic carboxylic acids is 1. The van der Waals surface area contributed by atoms with E-state index in [2.05, 4.69) is 4.98 Å². The molecule has 0 unspecified atom stereocenters. The molecule has 3 heterocycles. The molecule has 2 fully saturated rings. The van der Waals surface area contributed by atoms with Crippen LogP contribution in [0.2, 0.25) is 0 Å². The van der Waals surface area contributed by atoms with Crippen molar-refractivity contribution >= 4 is 12.0 Å². The maximum absolute atomic E-state index is 10.7. The monoisotopic (exact) mass is 433 g/mol. The summed E-state index contributed by atoms with van der Waals surface area (Å²) in [7, 11) is 0. The molecule has 3 rings (SSSR count). The first-order chi connectivity index (χ1) is 13.7. The van der Waals surface area contributed by atoms with E-state index in [9.17, 15) is 25.2 Å². The smallest absolute Gasteiger partial charge is 0.541 e. The molecule has 0 bridgehead atoms. The van der Waals surface area contributed by atoms with Crippen LogP contribution >= 0.6 is 0 Å². The molecule has 8 atom stereocenters. The van der Waals surface area contributed by atoms with Crippen LogP contribution in [0.15, 0.2) is 16.2 Å². The van der Waals surface area contributed by atoms with Crippen LogP contribution in [0.4, 0.5) is 0 Å². The predicted octanol–water partition coefficient (Wildman–Crippen LogP) is -3.25. The van der Waals surface area contributed by atoms with Gasteiger partial charge in [0, 0.05) is 11.8 Å². The van der Waals surface area contributed by atoms with Crippen molar-refractivity contribution in [1.29, 1.82) is 0 Å². The third-order valence-electron chi connectivity index (χ3n) is 5.79. The molecule has 0 radical (unpaired) electrons. The summed E-state index contributed by atoms with van der Waals surface area (Å²) in [4.78, 5) is 14.6. The molecule has 0 spiro atoms. The zero-order valence-corrected chi connectivity index (χ0v) is 19.7. The van der Waals surface area contributed by atoms with Gasteiger partial charge in [-0.25, -0.2) is 4.98 Å². The van der Waals surface area contributed by atoms with Crippen LogP contribution in [-0.4, -0.2) is 69.5 Å². The van der Waals surface area contributed by atoms with Gasteiger partial charge in [-0.1, -0.05) is 12.5 Å². The van der Waals surface area contributed by atoms with Crippen molar-refractivity contribution in [2.75, 3.05) is 6.61 Å². The van der Waals surface area contributed by atoms with E-state index in [1.54, 1.807) is 19.9 Å². The minimum atomic E-state index is -1.44. The summed E-state index contributed by atoms with van der Waals surface area (Å²) in [6, 6.07) is 0. The molecule has 2 saturated heterocycles. The maximum atomic E-state index is 10.7. The first-order valence-electron chi connectivity index (χ1n) is 9.83. The molecule has 2 aliphatic rings. The molecule has 0 aliphatic carbocycles. The number of carbonyl (C=O) groups excluding carboxylic acids is 1. The van der Waals surface area contributed by atoms with E-state index in [-0.39, 0.29) is 65.3 Å². The number of aromatic nitrogens is 1. The van der Waals surface area contributed by atoms with E-state index < -0.39 is 30.4 Å². The van der Waals surface area contributed by atoms with Crippen molar-refractivity contribution in [1.82, 2.24) is 4.98 Å². The van der Waals surface area contributed by atoms with Crippen LogP contribution < -0.4 is 34.7 Å². The summed E-state index contributed by atoms with van der Waals surface area (Å²) >= 11 is 0. The van der Waals surface area contributed by atoms with Gasteiger partial charge >= 0.3 is 29.6 Å². The third kappa shape index (κ3) is 6.14. The maximum Gasteiger partial charge on any atom is 1.00 e. The second-order valence-electron chi connectivity index (χ2n) is 8.13. The van der Waals surface area contributed by atoms with Crippen molar-refractivity contribution in [3.8, 4) is 0 Å². The van der Waals surface area contributed by atoms with Crippen molar-refractivity contribution < 1.29 is 68.7 Å². The Hall–Kier alpha value is -0.780. The van der Waals surface area contributed by atoms with E-state index in [4.69, 9.17) is 13.9 Å². The van der Waals surface area contributed by atoms with Gasteiger partial charge in [0.1, 0.15) is 12.1 Å². The van der Waals surface area contributed by atoms with E-state index >= 15 is 0 Å². The predicted molar refractivity (Wildman–Crippen MR) is 98.5 cm³/mol. The molecule has 30 heavy (non-hydrogen) atoms. The molecule has 1 aromatic heterocycles. The summed E-state index contributed by atoms with van der Waals surface area (Å²) in [5.41, 5.74) is 0.753. The quantitative estimate of drug-likeness (QED) is 0.284. The molecule has 0 saturated carbocycles. The summed E-state index contributed by atoms with van der Waals surface area (Å²) in [5.74, 6) is -1.92. The van der Waals surface area contributed by atoms with E-state index in [0.717, 1.165) is 11.8 Å². The fourth-order valence-electron chi connectivity index (χ4n) is 3.75. The largest absolute Gasteiger partial charge is 1.00 e. The SMILES string of the molecule is C/C(=C\c1ncc(C(=O)[O-])o1)C[C@@H]1OC[C@H](C[C@@H]2O[C@H]2[C@@H](C)[C@H](C)O)[C@@H](O)[C@H]1O.[Na+]. The van der Waals surface area contributed by atoms with Gasteiger partial charge in [-0.05, 0) is 32.8 Å². The molecule has 162 valence electrons. The molecule has 3 N–H and O–H groups in total. The summed E-state index contributed by atoms with van der Waals surface area (Å²) in [6.45, 7) is 5.72. The topological polar surface area (TPSA) is 149 Å². The second-order valence-corrected chi connectivity index (χ2v) is 8.13. The first-order valence-corrected chi connectivity index (χ1v) is 9.83. The Morgan fingerprint density at radius 2 is 2.03 bits per heavy atom. The van der Waals surface area contributed by atoms with Crippen molar-refractivity contribution in [3.63, 3.8) is 0 Å². The van der Waals surface area contributed by atoms with Gasteiger partial charge in [0.25, 0.3) is 0 Å². The van der Waals surface area contributed by atoms with Gasteiger partial charge in [0.15, 0.2) is 5.76 Å². The standard InChI is InChI=1S/C20H29NO8.Na/c1-9(5-16-21-7-15(28-16)20(25)26)4-13-18(24)17(23)12(8-27-13)6-14-19(29-14)10(2)11(3)22;/h5,7,10-14,17-19,22-24H,4,6,8H2,1-3H3,(H,25,26);/q;+1/p-1/b9-5+;/t10-,11-,12-,13-,14-,17+,18-,19-;/m0./s1. The normalized spacial score (nSPS) is 33.5. The van der Waals surface area contributed by atoms with Crippen LogP contribution in [0.3, 0.4) is 0 Å². The number of carboxylic acids is 1. The number of nitrogens with zero attached hydrogens (tertiary/aromatic N) is 1. The summed E-state index contributed by atoms with van der Waals surface area (Å²) in [6.07, 6.45) is 0.367. The average Bonchev–Trinajstić information content (AvgIpc) is 3.26. The molecular weight excluding hydrogens is 405 g/mol. The third-order valence-corrected chi connectivity index (χ3v) is 5.79. The number of aliphatic hydroxyl groups excluding tert-OH is 3. The Morgan fingerprint density at radius 3 is 2.63 bits per heavy atom. The van der Waals surface area contributed by atoms with Crippen molar-refractivity contribution in [2.24, 2.45) is 11.8 Å². The number of hydrogen-bond acceptors (Lipinski definition) is 9. The number of ether oxygens (including phenoxy) is 2. The fraction of sp³-hybridized carbons (Fsp3) is 0.700. The molecule has 10 heteroatoms. The molecule has 2 aliphatic heterocycles. The van der Waals surface area contributed by atoms with Gasteiger partial charge in [-0.2, -0.15) is 0 Å². The number of carbonyl (C=O) groups is 1. The fourth-order valence-corrected chi connectivity index (χ4v) is 3.75. The zero-order valence-electron chi connectivity index (χ0n) is 17.7. The Bertz CT molecular complexity index is 751. The molecule has 0 aromatic carbocycles. The Labute approximate surface area is 197 Å². The van der Waals surface area contributed by atoms with Crippen LogP contribution in [0, 0.1) is 11.8 Å². The number of rotatable bonds is 8. The molecule has 9 nitrogen and oxygen atoms in total. The van der Waals surface area contributed by atoms with Crippen LogP contribution in [0.5, 0.6) is 0 Å². The van der Waals surface area contributed by atoms with Crippen molar-refractivity contribution in [3.05, 3.63) is 23.4 Å². The molecule has 0 amide bonds. The summed E-state index contributed by atoms with van der Waals surface area (Å²) in [5, 5.41) is 41.4. The van der Waals surface area contributed by atoms with Crippen LogP contribution in [0.1, 0.15) is 50.1 Å². The van der Waals surface area contributed by atoms with Gasteiger partial charge < -0.3 is 39.1 Å². The first kappa shape index (κ1) is 25.5. The zero-order chi connectivity index (χ0) is 21.3. The molecule has 1 aromatic rings. The second kappa shape index (κ2) is 10.7. The molecular formula is C20H28NNaO8. The van der Waals surface area contributed by atoms with E-state index in [1.165, 1.54) is 0 Å². The number of carboxylic acid groups (broad SMARTS) is 1. The van der Waals surface area contributed by atoms with Crippen molar-refractivity contribution in [2.45, 2.75) is 70.2 Å². The number of oxazole rings is 1. The number of epoxide rings is 1. The van der Waals surface area contributed by atoms with Crippen LogP contribution in [0.25, 0.3) is 6.08 Å². The van der Waals surface area contributed by atoms with Gasteiger partial charge in [0.05, 0.1) is 43.3 Å². The van der Waals surface area contributed by atoms with Gasteiger partial charge in [-0.15, -0.1) is 0 Å². The summed E-state index contributed by atoms with van der Waals surface area (Å²) < 4.78 is 16.4. The number of aliphatic hydroxyl groups is 3.